The maximum Gasteiger partial charge on any atom is 0.151 e. The molecule has 2 rings (SSSR count). The summed E-state index contributed by atoms with van der Waals surface area (Å²) >= 11 is 0. The van der Waals surface area contributed by atoms with Crippen LogP contribution < -0.4 is 10.2 Å². The Bertz CT molecular complexity index is 504. The molecule has 0 saturated carbocycles. The summed E-state index contributed by atoms with van der Waals surface area (Å²) in [7, 11) is 3.97. The van der Waals surface area contributed by atoms with E-state index in [2.05, 4.69) is 26.8 Å². The molecule has 5 nitrogen and oxygen atoms in total. The first kappa shape index (κ1) is 12.4. The molecular formula is C13H19N5. The Morgan fingerprint density at radius 3 is 2.83 bits per heavy atom. The standard InChI is InChI=1S/C13H19N5/c1-4-18-9-8-14-12(18)10-16-11-6-5-7-15-13(11)17(2)3/h5-9,16H,4,10H2,1-3H3. The van der Waals surface area contributed by atoms with Crippen LogP contribution >= 0.6 is 0 Å². The van der Waals surface area contributed by atoms with Crippen LogP contribution in [0.1, 0.15) is 12.7 Å². The monoisotopic (exact) mass is 245 g/mol. The van der Waals surface area contributed by atoms with Gasteiger partial charge in [-0.2, -0.15) is 0 Å². The first-order valence-corrected chi connectivity index (χ1v) is 6.08. The van der Waals surface area contributed by atoms with Gasteiger partial charge >= 0.3 is 0 Å². The molecule has 5 heteroatoms. The lowest BCUT2D eigenvalue weighted by molar-refractivity contribution is 0.708. The van der Waals surface area contributed by atoms with E-state index in [1.807, 2.05) is 43.5 Å². The van der Waals surface area contributed by atoms with Crippen LogP contribution in [0.4, 0.5) is 11.5 Å². The van der Waals surface area contributed by atoms with Crippen molar-refractivity contribution in [2.75, 3.05) is 24.3 Å². The molecule has 0 radical (unpaired) electrons. The van der Waals surface area contributed by atoms with Crippen molar-refractivity contribution in [1.82, 2.24) is 14.5 Å². The number of rotatable bonds is 5. The Hall–Kier alpha value is -2.04. The summed E-state index contributed by atoms with van der Waals surface area (Å²) in [6.07, 6.45) is 5.62. The predicted octanol–water partition coefficient (Wildman–Crippen LogP) is 1.98. The van der Waals surface area contributed by atoms with Gasteiger partial charge in [-0.1, -0.05) is 0 Å². The summed E-state index contributed by atoms with van der Waals surface area (Å²) in [5.41, 5.74) is 1.02. The van der Waals surface area contributed by atoms with Crippen LogP contribution in [0.5, 0.6) is 0 Å². The van der Waals surface area contributed by atoms with Crippen molar-refractivity contribution < 1.29 is 0 Å². The van der Waals surface area contributed by atoms with Gasteiger partial charge in [0.2, 0.25) is 0 Å². The third-order valence-corrected chi connectivity index (χ3v) is 2.79. The average Bonchev–Trinajstić information content (AvgIpc) is 2.84. The molecule has 0 spiro atoms. The average molecular weight is 245 g/mol. The van der Waals surface area contributed by atoms with E-state index in [0.29, 0.717) is 6.54 Å². The minimum atomic E-state index is 0.702. The van der Waals surface area contributed by atoms with Crippen molar-refractivity contribution in [3.05, 3.63) is 36.5 Å². The molecule has 2 aromatic heterocycles. The number of imidazole rings is 1. The van der Waals surface area contributed by atoms with Gasteiger partial charge in [-0.05, 0) is 19.1 Å². The lowest BCUT2D eigenvalue weighted by Crippen LogP contribution is -2.14. The van der Waals surface area contributed by atoms with Crippen molar-refractivity contribution in [1.29, 1.82) is 0 Å². The van der Waals surface area contributed by atoms with Gasteiger partial charge in [-0.25, -0.2) is 9.97 Å². The fourth-order valence-electron chi connectivity index (χ4n) is 1.86. The van der Waals surface area contributed by atoms with Crippen LogP contribution in [0.3, 0.4) is 0 Å². The smallest absolute Gasteiger partial charge is 0.151 e. The van der Waals surface area contributed by atoms with E-state index in [1.165, 1.54) is 0 Å². The highest BCUT2D eigenvalue weighted by atomic mass is 15.2. The Labute approximate surface area is 107 Å². The summed E-state index contributed by atoms with van der Waals surface area (Å²) in [5, 5.41) is 3.38. The second-order valence-electron chi connectivity index (χ2n) is 4.25. The highest BCUT2D eigenvalue weighted by Gasteiger charge is 2.06. The second kappa shape index (κ2) is 5.53. The van der Waals surface area contributed by atoms with Crippen LogP contribution in [0.15, 0.2) is 30.7 Å². The molecule has 0 fully saturated rings. The van der Waals surface area contributed by atoms with E-state index >= 15 is 0 Å². The zero-order valence-electron chi connectivity index (χ0n) is 11.1. The molecule has 0 atom stereocenters. The molecule has 2 aromatic rings. The number of hydrogen-bond acceptors (Lipinski definition) is 4. The highest BCUT2D eigenvalue weighted by molar-refractivity contribution is 5.64. The molecule has 18 heavy (non-hydrogen) atoms. The molecular weight excluding hydrogens is 226 g/mol. The van der Waals surface area contributed by atoms with E-state index in [-0.39, 0.29) is 0 Å². The molecule has 0 aromatic carbocycles. The number of aryl methyl sites for hydroxylation is 1. The van der Waals surface area contributed by atoms with Crippen LogP contribution in [-0.4, -0.2) is 28.6 Å². The molecule has 0 aliphatic heterocycles. The van der Waals surface area contributed by atoms with Gasteiger partial charge in [0.15, 0.2) is 5.82 Å². The normalized spacial score (nSPS) is 10.4. The maximum absolute atomic E-state index is 4.36. The van der Waals surface area contributed by atoms with Crippen LogP contribution in [0.2, 0.25) is 0 Å². The van der Waals surface area contributed by atoms with Gasteiger partial charge in [-0.15, -0.1) is 0 Å². The number of aromatic nitrogens is 3. The Kier molecular flexibility index (Phi) is 3.82. The Morgan fingerprint density at radius 2 is 2.11 bits per heavy atom. The van der Waals surface area contributed by atoms with Crippen LogP contribution in [0.25, 0.3) is 0 Å². The summed E-state index contributed by atoms with van der Waals surface area (Å²) in [6, 6.07) is 3.96. The minimum absolute atomic E-state index is 0.702. The Balaban J connectivity index is 2.11. The predicted molar refractivity (Wildman–Crippen MR) is 73.8 cm³/mol. The number of anilines is 2. The molecule has 2 heterocycles. The van der Waals surface area contributed by atoms with Crippen molar-refractivity contribution >= 4 is 11.5 Å². The number of nitrogens with zero attached hydrogens (tertiary/aromatic N) is 4. The zero-order valence-corrected chi connectivity index (χ0v) is 11.1. The lowest BCUT2D eigenvalue weighted by Gasteiger charge is -2.16. The molecule has 0 unspecified atom stereocenters. The quantitative estimate of drug-likeness (QED) is 0.875. The van der Waals surface area contributed by atoms with Gasteiger partial charge in [0.25, 0.3) is 0 Å². The molecule has 0 aliphatic rings. The fraction of sp³-hybridized carbons (Fsp3) is 0.385. The molecule has 0 aliphatic carbocycles. The van der Waals surface area contributed by atoms with E-state index in [0.717, 1.165) is 23.9 Å². The largest absolute Gasteiger partial charge is 0.375 e. The molecule has 0 saturated heterocycles. The van der Waals surface area contributed by atoms with Crippen molar-refractivity contribution in [3.8, 4) is 0 Å². The third kappa shape index (κ3) is 2.61. The van der Waals surface area contributed by atoms with E-state index < -0.39 is 0 Å². The van der Waals surface area contributed by atoms with Crippen molar-refractivity contribution in [2.24, 2.45) is 0 Å². The van der Waals surface area contributed by atoms with Crippen LogP contribution in [0, 0.1) is 0 Å². The highest BCUT2D eigenvalue weighted by Crippen LogP contribution is 2.20. The minimum Gasteiger partial charge on any atom is -0.375 e. The zero-order chi connectivity index (χ0) is 13.0. The molecule has 96 valence electrons. The number of pyridine rings is 1. The van der Waals surface area contributed by atoms with Gasteiger partial charge in [0.1, 0.15) is 5.82 Å². The maximum atomic E-state index is 4.36. The summed E-state index contributed by atoms with van der Waals surface area (Å²) < 4.78 is 2.12. The topological polar surface area (TPSA) is 46.0 Å². The second-order valence-corrected chi connectivity index (χ2v) is 4.25. The van der Waals surface area contributed by atoms with Gasteiger partial charge < -0.3 is 14.8 Å². The van der Waals surface area contributed by atoms with Gasteiger partial charge in [0.05, 0.1) is 12.2 Å². The molecule has 0 bridgehead atoms. The van der Waals surface area contributed by atoms with E-state index in [4.69, 9.17) is 0 Å². The first-order chi connectivity index (χ1) is 8.72. The SMILES string of the molecule is CCn1ccnc1CNc1cccnc1N(C)C. The number of nitrogens with one attached hydrogen (secondary N) is 1. The van der Waals surface area contributed by atoms with Crippen LogP contribution in [-0.2, 0) is 13.1 Å². The third-order valence-electron chi connectivity index (χ3n) is 2.79. The van der Waals surface area contributed by atoms with Gasteiger partial charge in [-0.3, -0.25) is 0 Å². The fourth-order valence-corrected chi connectivity index (χ4v) is 1.86. The molecule has 0 amide bonds. The van der Waals surface area contributed by atoms with Crippen molar-refractivity contribution in [3.63, 3.8) is 0 Å². The van der Waals surface area contributed by atoms with E-state index in [1.54, 1.807) is 6.20 Å². The first-order valence-electron chi connectivity index (χ1n) is 6.08. The number of hydrogen-bond donors (Lipinski definition) is 1. The molecule has 1 N–H and O–H groups in total. The summed E-state index contributed by atoms with van der Waals surface area (Å²) in [5.74, 6) is 1.97. The van der Waals surface area contributed by atoms with Gasteiger partial charge in [0, 0.05) is 39.2 Å². The Morgan fingerprint density at radius 1 is 1.28 bits per heavy atom. The summed E-state index contributed by atoms with van der Waals surface area (Å²) in [4.78, 5) is 10.7. The van der Waals surface area contributed by atoms with E-state index in [9.17, 15) is 0 Å². The van der Waals surface area contributed by atoms with Crippen molar-refractivity contribution in [2.45, 2.75) is 20.0 Å². The lowest BCUT2D eigenvalue weighted by atomic mass is 10.3. The summed E-state index contributed by atoms with van der Waals surface area (Å²) in [6.45, 7) is 3.75.